The highest BCUT2D eigenvalue weighted by atomic mass is 16.3. The molecule has 106 valence electrons. The zero-order chi connectivity index (χ0) is 14.3. The molecular formula is C15H24N2O2. The van der Waals surface area contributed by atoms with E-state index in [4.69, 9.17) is 5.11 Å². The summed E-state index contributed by atoms with van der Waals surface area (Å²) in [7, 11) is 0. The third-order valence-corrected chi connectivity index (χ3v) is 3.03. The number of urea groups is 1. The fourth-order valence-electron chi connectivity index (χ4n) is 2.05. The quantitative estimate of drug-likeness (QED) is 0.735. The van der Waals surface area contributed by atoms with Crippen LogP contribution in [0.25, 0.3) is 0 Å². The van der Waals surface area contributed by atoms with Crippen molar-refractivity contribution in [1.29, 1.82) is 0 Å². The number of aliphatic hydroxyl groups is 1. The molecule has 2 amide bonds. The number of aliphatic hydroxyl groups excluding tert-OH is 1. The smallest absolute Gasteiger partial charge is 0.315 e. The van der Waals surface area contributed by atoms with Crippen LogP contribution in [0.4, 0.5) is 4.79 Å². The molecule has 3 N–H and O–H groups in total. The van der Waals surface area contributed by atoms with Gasteiger partial charge in [-0.15, -0.1) is 0 Å². The van der Waals surface area contributed by atoms with Gasteiger partial charge in [0.2, 0.25) is 0 Å². The van der Waals surface area contributed by atoms with Crippen molar-refractivity contribution >= 4 is 6.03 Å². The van der Waals surface area contributed by atoms with Crippen LogP contribution in [0.5, 0.6) is 0 Å². The Morgan fingerprint density at radius 1 is 1.26 bits per heavy atom. The molecule has 4 heteroatoms. The minimum atomic E-state index is -0.217. The summed E-state index contributed by atoms with van der Waals surface area (Å²) in [5, 5.41) is 14.5. The molecule has 0 aliphatic carbocycles. The van der Waals surface area contributed by atoms with E-state index in [-0.39, 0.29) is 18.7 Å². The van der Waals surface area contributed by atoms with Gasteiger partial charge in [-0.1, -0.05) is 36.2 Å². The Kier molecular flexibility index (Phi) is 6.36. The summed E-state index contributed by atoms with van der Waals surface area (Å²) in [4.78, 5) is 11.6. The lowest BCUT2D eigenvalue weighted by Crippen LogP contribution is -2.44. The van der Waals surface area contributed by atoms with E-state index in [0.29, 0.717) is 6.54 Å². The summed E-state index contributed by atoms with van der Waals surface area (Å²) in [6.07, 6.45) is 1.53. The van der Waals surface area contributed by atoms with Gasteiger partial charge in [0.05, 0.1) is 12.6 Å². The highest BCUT2D eigenvalue weighted by Gasteiger charge is 2.07. The summed E-state index contributed by atoms with van der Waals surface area (Å²) in [6.45, 7) is 6.64. The number of benzene rings is 1. The largest absolute Gasteiger partial charge is 0.394 e. The minimum Gasteiger partial charge on any atom is -0.394 e. The molecule has 0 aliphatic rings. The van der Waals surface area contributed by atoms with E-state index in [9.17, 15) is 4.79 Å². The van der Waals surface area contributed by atoms with Gasteiger partial charge in [0.25, 0.3) is 0 Å². The number of hydrogen-bond acceptors (Lipinski definition) is 2. The first kappa shape index (κ1) is 15.5. The van der Waals surface area contributed by atoms with E-state index in [2.05, 4.69) is 42.7 Å². The maximum Gasteiger partial charge on any atom is 0.315 e. The number of carbonyl (C=O) groups excluding carboxylic acids is 1. The van der Waals surface area contributed by atoms with Crippen molar-refractivity contribution in [2.24, 2.45) is 0 Å². The lowest BCUT2D eigenvalue weighted by Gasteiger charge is -2.14. The minimum absolute atomic E-state index is 0.0268. The van der Waals surface area contributed by atoms with E-state index in [0.717, 1.165) is 12.8 Å². The van der Waals surface area contributed by atoms with Gasteiger partial charge in [-0.3, -0.25) is 0 Å². The Morgan fingerprint density at radius 2 is 1.89 bits per heavy atom. The summed E-state index contributed by atoms with van der Waals surface area (Å²) in [6, 6.07) is 6.02. The second-order valence-corrected chi connectivity index (χ2v) is 4.93. The van der Waals surface area contributed by atoms with Gasteiger partial charge in [-0.25, -0.2) is 4.79 Å². The normalized spacial score (nSPS) is 12.0. The lowest BCUT2D eigenvalue weighted by molar-refractivity contribution is 0.214. The lowest BCUT2D eigenvalue weighted by atomic mass is 10.1. The van der Waals surface area contributed by atoms with Gasteiger partial charge >= 0.3 is 6.03 Å². The van der Waals surface area contributed by atoms with Gasteiger partial charge in [-0.2, -0.15) is 0 Å². The zero-order valence-electron chi connectivity index (χ0n) is 12.0. The number of amides is 2. The number of nitrogens with one attached hydrogen (secondary N) is 2. The molecule has 1 aromatic rings. The molecule has 0 saturated heterocycles. The van der Waals surface area contributed by atoms with Gasteiger partial charge < -0.3 is 15.7 Å². The van der Waals surface area contributed by atoms with Crippen molar-refractivity contribution in [3.8, 4) is 0 Å². The predicted octanol–water partition coefficient (Wildman–Crippen LogP) is 1.92. The van der Waals surface area contributed by atoms with Gasteiger partial charge in [0, 0.05) is 6.54 Å². The van der Waals surface area contributed by atoms with Crippen LogP contribution in [0.2, 0.25) is 0 Å². The summed E-state index contributed by atoms with van der Waals surface area (Å²) in [5.74, 6) is 0. The highest BCUT2D eigenvalue weighted by molar-refractivity contribution is 5.74. The van der Waals surface area contributed by atoms with Crippen molar-refractivity contribution in [3.63, 3.8) is 0 Å². The van der Waals surface area contributed by atoms with Crippen LogP contribution in [-0.2, 0) is 6.42 Å². The summed E-state index contributed by atoms with van der Waals surface area (Å²) < 4.78 is 0. The molecule has 1 atom stereocenters. The van der Waals surface area contributed by atoms with Crippen molar-refractivity contribution in [2.75, 3.05) is 13.2 Å². The number of aryl methyl sites for hydroxylation is 2. The van der Waals surface area contributed by atoms with Crippen LogP contribution in [0, 0.1) is 13.8 Å². The maximum absolute atomic E-state index is 11.6. The molecule has 0 heterocycles. The average Bonchev–Trinajstić information content (AvgIpc) is 2.34. The molecule has 0 spiro atoms. The third-order valence-electron chi connectivity index (χ3n) is 3.03. The average molecular weight is 264 g/mol. The van der Waals surface area contributed by atoms with Crippen LogP contribution < -0.4 is 10.6 Å². The third kappa shape index (κ3) is 5.75. The molecule has 4 nitrogen and oxygen atoms in total. The summed E-state index contributed by atoms with van der Waals surface area (Å²) in [5.41, 5.74) is 3.71. The maximum atomic E-state index is 11.6. The molecule has 0 aromatic heterocycles. The Morgan fingerprint density at radius 3 is 2.42 bits per heavy atom. The summed E-state index contributed by atoms with van der Waals surface area (Å²) >= 11 is 0. The second kappa shape index (κ2) is 7.79. The molecule has 0 saturated carbocycles. The topological polar surface area (TPSA) is 61.4 Å². The number of rotatable bonds is 6. The van der Waals surface area contributed by atoms with Gasteiger partial charge in [-0.05, 0) is 32.3 Å². The molecule has 0 aliphatic heterocycles. The van der Waals surface area contributed by atoms with E-state index >= 15 is 0 Å². The Balaban J connectivity index is 2.35. The number of carbonyl (C=O) groups is 1. The van der Waals surface area contributed by atoms with Crippen LogP contribution in [0.15, 0.2) is 18.2 Å². The fraction of sp³-hybridized carbons (Fsp3) is 0.533. The first-order valence-electron chi connectivity index (χ1n) is 6.77. The first-order valence-corrected chi connectivity index (χ1v) is 6.77. The monoisotopic (exact) mass is 264 g/mol. The van der Waals surface area contributed by atoms with Crippen molar-refractivity contribution in [1.82, 2.24) is 10.6 Å². The van der Waals surface area contributed by atoms with Crippen LogP contribution >= 0.6 is 0 Å². The highest BCUT2D eigenvalue weighted by Crippen LogP contribution is 2.08. The number of hydrogen-bond donors (Lipinski definition) is 3. The van der Waals surface area contributed by atoms with Crippen molar-refractivity contribution in [2.45, 2.75) is 39.7 Å². The second-order valence-electron chi connectivity index (χ2n) is 4.93. The zero-order valence-corrected chi connectivity index (χ0v) is 12.0. The molecule has 1 unspecified atom stereocenters. The molecule has 0 fully saturated rings. The van der Waals surface area contributed by atoms with Gasteiger partial charge in [0.15, 0.2) is 0 Å². The van der Waals surface area contributed by atoms with Crippen LogP contribution in [-0.4, -0.2) is 30.3 Å². The van der Waals surface area contributed by atoms with Gasteiger partial charge in [0.1, 0.15) is 0 Å². The molecule has 0 bridgehead atoms. The van der Waals surface area contributed by atoms with E-state index < -0.39 is 0 Å². The molecule has 1 rings (SSSR count). The first-order chi connectivity index (χ1) is 9.05. The van der Waals surface area contributed by atoms with E-state index in [1.165, 1.54) is 16.7 Å². The molecule has 1 aromatic carbocycles. The predicted molar refractivity (Wildman–Crippen MR) is 77.3 cm³/mol. The Bertz CT molecular complexity index is 394. The molecular weight excluding hydrogens is 240 g/mol. The van der Waals surface area contributed by atoms with Crippen molar-refractivity contribution in [3.05, 3.63) is 34.9 Å². The van der Waals surface area contributed by atoms with Crippen LogP contribution in [0.1, 0.15) is 30.0 Å². The SMILES string of the molecule is CCC(CO)NC(=O)NCCc1cc(C)cc(C)c1. The van der Waals surface area contributed by atoms with Crippen LogP contribution in [0.3, 0.4) is 0 Å². The molecule has 0 radical (unpaired) electrons. The standard InChI is InChI=1S/C15H24N2O2/c1-4-14(10-18)17-15(19)16-6-5-13-8-11(2)7-12(3)9-13/h7-9,14,18H,4-6,10H2,1-3H3,(H2,16,17,19). The Hall–Kier alpha value is -1.55. The van der Waals surface area contributed by atoms with E-state index in [1.807, 2.05) is 6.92 Å². The van der Waals surface area contributed by atoms with Crippen molar-refractivity contribution < 1.29 is 9.90 Å². The fourth-order valence-corrected chi connectivity index (χ4v) is 2.05. The molecule has 19 heavy (non-hydrogen) atoms. The van der Waals surface area contributed by atoms with E-state index in [1.54, 1.807) is 0 Å². The Labute approximate surface area is 115 Å².